The Kier molecular flexibility index (Phi) is 8.92. The lowest BCUT2D eigenvalue weighted by Crippen LogP contribution is -2.40. The van der Waals surface area contributed by atoms with Gasteiger partial charge in [0.2, 0.25) is 0 Å². The molecule has 0 amide bonds. The van der Waals surface area contributed by atoms with Crippen molar-refractivity contribution in [1.29, 1.82) is 0 Å². The Hall–Kier alpha value is -5.27. The molecule has 1 aliphatic rings. The number of thiazole rings is 1. The lowest BCUT2D eigenvalue weighted by atomic mass is 9.93. The predicted octanol–water partition coefficient (Wildman–Crippen LogP) is 5.88. The fraction of sp³-hybridized carbons (Fsp3) is 0.147. The third-order valence-corrected chi connectivity index (χ3v) is 9.07. The van der Waals surface area contributed by atoms with E-state index < -0.39 is 22.5 Å². The van der Waals surface area contributed by atoms with Gasteiger partial charge in [-0.15, -0.1) is 0 Å². The van der Waals surface area contributed by atoms with Gasteiger partial charge in [-0.25, -0.2) is 9.79 Å². The average molecular weight is 717 g/mol. The van der Waals surface area contributed by atoms with Crippen LogP contribution in [0.15, 0.2) is 103 Å². The molecule has 3 heterocycles. The number of nitro groups is 1. The number of furan rings is 1. The Bertz CT molecular complexity index is 2240. The van der Waals surface area contributed by atoms with Crippen LogP contribution in [0.1, 0.15) is 29.9 Å². The number of nitro benzene ring substituents is 1. The van der Waals surface area contributed by atoms with Gasteiger partial charge in [-0.05, 0) is 58.7 Å². The number of aromatic nitrogens is 1. The second-order valence-electron chi connectivity index (χ2n) is 10.2. The summed E-state index contributed by atoms with van der Waals surface area (Å²) in [6, 6.07) is 21.4. The summed E-state index contributed by atoms with van der Waals surface area (Å²) >= 11 is 4.54. The lowest BCUT2D eigenvalue weighted by molar-refractivity contribution is -0.384. The van der Waals surface area contributed by atoms with Gasteiger partial charge in [-0.2, -0.15) is 0 Å². The molecule has 2 aromatic heterocycles. The maximum absolute atomic E-state index is 14.2. The molecular formula is C34H26BrN3O8S. The van der Waals surface area contributed by atoms with Crippen molar-refractivity contribution >= 4 is 50.7 Å². The quantitative estimate of drug-likeness (QED) is 0.105. The largest absolute Gasteiger partial charge is 0.493 e. The first kappa shape index (κ1) is 31.7. The minimum absolute atomic E-state index is 0.0605. The fourth-order valence-electron chi connectivity index (χ4n) is 5.30. The molecule has 0 radical (unpaired) electrons. The van der Waals surface area contributed by atoms with Crippen LogP contribution in [0.5, 0.6) is 11.5 Å². The van der Waals surface area contributed by atoms with Crippen molar-refractivity contribution in [2.45, 2.75) is 13.0 Å². The molecule has 11 nitrogen and oxygen atoms in total. The first-order valence-corrected chi connectivity index (χ1v) is 15.9. The van der Waals surface area contributed by atoms with Gasteiger partial charge in [0.15, 0.2) is 16.3 Å². The van der Waals surface area contributed by atoms with E-state index in [1.807, 2.05) is 30.3 Å². The fourth-order valence-corrected chi connectivity index (χ4v) is 6.84. The Morgan fingerprint density at radius 1 is 1.06 bits per heavy atom. The summed E-state index contributed by atoms with van der Waals surface area (Å²) in [5, 5.41) is 11.2. The van der Waals surface area contributed by atoms with Crippen LogP contribution in [0, 0.1) is 10.1 Å². The van der Waals surface area contributed by atoms with Crippen LogP contribution in [-0.4, -0.2) is 36.3 Å². The number of carbonyl (C=O) groups excluding carboxylic acids is 1. The van der Waals surface area contributed by atoms with Gasteiger partial charge in [0.25, 0.3) is 11.2 Å². The van der Waals surface area contributed by atoms with E-state index in [9.17, 15) is 19.7 Å². The number of nitrogens with zero attached hydrogens (tertiary/aromatic N) is 3. The third-order valence-electron chi connectivity index (χ3n) is 7.43. The summed E-state index contributed by atoms with van der Waals surface area (Å²) in [6.07, 6.45) is 1.61. The molecule has 6 rings (SSSR count). The Labute approximate surface area is 280 Å². The number of esters is 1. The van der Waals surface area contributed by atoms with Crippen LogP contribution in [-0.2, 0) is 9.53 Å². The number of methoxy groups -OCH3 is 2. The van der Waals surface area contributed by atoms with Crippen LogP contribution in [0.4, 0.5) is 5.69 Å². The maximum atomic E-state index is 14.2. The standard InChI is InChI=1S/C34H26BrN3O8S/c1-4-45-33(40)29-30(19-8-6-5-7-9-19)36-34-37(31(29)20-10-14-26(43-2)27(16-20)44-3)32(39)28(47-34)18-22-12-15-25(46-22)23-13-11-21(38(41)42)17-24(23)35/h5-18,31H,4H2,1-3H3/b28-18-/t31-/m0/s1. The second kappa shape index (κ2) is 13.2. The van der Waals surface area contributed by atoms with E-state index >= 15 is 0 Å². The molecule has 0 N–H and O–H groups in total. The molecule has 0 unspecified atom stereocenters. The van der Waals surface area contributed by atoms with Crippen molar-refractivity contribution in [2.75, 3.05) is 20.8 Å². The van der Waals surface area contributed by atoms with Gasteiger partial charge in [0, 0.05) is 33.8 Å². The van der Waals surface area contributed by atoms with Crippen LogP contribution in [0.3, 0.4) is 0 Å². The maximum Gasteiger partial charge on any atom is 0.338 e. The van der Waals surface area contributed by atoms with Crippen LogP contribution in [0.2, 0.25) is 0 Å². The number of benzene rings is 3. The second-order valence-corrected chi connectivity index (χ2v) is 12.0. The van der Waals surface area contributed by atoms with Crippen molar-refractivity contribution in [3.8, 4) is 22.8 Å². The van der Waals surface area contributed by atoms with Gasteiger partial charge in [0.05, 0.1) is 47.6 Å². The summed E-state index contributed by atoms with van der Waals surface area (Å²) in [5.41, 5.74) is 2.02. The molecule has 0 bridgehead atoms. The number of ether oxygens (including phenoxy) is 3. The van der Waals surface area contributed by atoms with Crippen LogP contribution < -0.4 is 24.4 Å². The molecule has 0 aliphatic carbocycles. The summed E-state index contributed by atoms with van der Waals surface area (Å²) in [4.78, 5) is 43.8. The molecule has 47 heavy (non-hydrogen) atoms. The molecular weight excluding hydrogens is 690 g/mol. The first-order valence-electron chi connectivity index (χ1n) is 14.3. The van der Waals surface area contributed by atoms with E-state index in [2.05, 4.69) is 15.9 Å². The highest BCUT2D eigenvalue weighted by Gasteiger charge is 2.35. The molecule has 0 saturated carbocycles. The first-order chi connectivity index (χ1) is 22.7. The van der Waals surface area contributed by atoms with Crippen molar-refractivity contribution in [1.82, 2.24) is 4.57 Å². The average Bonchev–Trinajstić information content (AvgIpc) is 3.67. The highest BCUT2D eigenvalue weighted by atomic mass is 79.9. The van der Waals surface area contributed by atoms with Gasteiger partial charge in [-0.1, -0.05) is 47.7 Å². The predicted molar refractivity (Wildman–Crippen MR) is 179 cm³/mol. The molecule has 1 aliphatic heterocycles. The number of halogens is 1. The van der Waals surface area contributed by atoms with Gasteiger partial charge in [-0.3, -0.25) is 19.5 Å². The zero-order chi connectivity index (χ0) is 33.2. The molecule has 3 aromatic carbocycles. The molecule has 0 fully saturated rings. The zero-order valence-corrected chi connectivity index (χ0v) is 27.7. The molecule has 0 saturated heterocycles. The third kappa shape index (κ3) is 6.02. The number of hydrogen-bond donors (Lipinski definition) is 0. The summed E-state index contributed by atoms with van der Waals surface area (Å²) < 4.78 is 24.9. The minimum Gasteiger partial charge on any atom is -0.493 e. The lowest BCUT2D eigenvalue weighted by Gasteiger charge is -2.26. The van der Waals surface area contributed by atoms with Crippen molar-refractivity contribution in [3.05, 3.63) is 136 Å². The van der Waals surface area contributed by atoms with Crippen molar-refractivity contribution in [2.24, 2.45) is 4.99 Å². The number of carbonyl (C=O) groups is 1. The van der Waals surface area contributed by atoms with Crippen molar-refractivity contribution < 1.29 is 28.3 Å². The minimum atomic E-state index is -0.911. The van der Waals surface area contributed by atoms with Crippen LogP contribution >= 0.6 is 27.3 Å². The van der Waals surface area contributed by atoms with Gasteiger partial charge in [0.1, 0.15) is 11.5 Å². The normalized spacial score (nSPS) is 14.4. The Morgan fingerprint density at radius 2 is 1.83 bits per heavy atom. The summed E-state index contributed by atoms with van der Waals surface area (Å²) in [5.74, 6) is 1.14. The summed E-state index contributed by atoms with van der Waals surface area (Å²) in [7, 11) is 3.04. The van der Waals surface area contributed by atoms with E-state index in [0.29, 0.717) is 59.2 Å². The number of fused-ring (bicyclic) bond motifs is 1. The van der Waals surface area contributed by atoms with E-state index in [1.54, 1.807) is 49.4 Å². The van der Waals surface area contributed by atoms with E-state index in [1.165, 1.54) is 30.9 Å². The highest BCUT2D eigenvalue weighted by molar-refractivity contribution is 9.10. The number of non-ortho nitro benzene ring substituents is 1. The zero-order valence-electron chi connectivity index (χ0n) is 25.3. The SMILES string of the molecule is CCOC(=O)C1=C(c2ccccc2)N=c2s/c(=C\c3ccc(-c4ccc([N+](=O)[O-])cc4Br)o3)c(=O)n2[C@H]1c1ccc(OC)c(OC)c1. The van der Waals surface area contributed by atoms with E-state index in [-0.39, 0.29) is 17.9 Å². The molecule has 13 heteroatoms. The molecule has 0 spiro atoms. The Morgan fingerprint density at radius 3 is 2.51 bits per heavy atom. The van der Waals surface area contributed by atoms with Gasteiger partial charge >= 0.3 is 5.97 Å². The number of rotatable bonds is 9. The molecule has 1 atom stereocenters. The smallest absolute Gasteiger partial charge is 0.338 e. The molecule has 238 valence electrons. The van der Waals surface area contributed by atoms with Crippen molar-refractivity contribution in [3.63, 3.8) is 0 Å². The summed E-state index contributed by atoms with van der Waals surface area (Å²) in [6.45, 7) is 1.84. The monoisotopic (exact) mass is 715 g/mol. The number of hydrogen-bond acceptors (Lipinski definition) is 10. The highest BCUT2D eigenvalue weighted by Crippen LogP contribution is 2.38. The van der Waals surface area contributed by atoms with E-state index in [4.69, 9.17) is 23.6 Å². The van der Waals surface area contributed by atoms with Gasteiger partial charge < -0.3 is 18.6 Å². The Balaban J connectivity index is 1.55. The topological polar surface area (TPSA) is 135 Å². The molecule has 5 aromatic rings. The van der Waals surface area contributed by atoms with Crippen LogP contribution in [0.25, 0.3) is 23.1 Å². The van der Waals surface area contributed by atoms with E-state index in [0.717, 1.165) is 11.3 Å².